The van der Waals surface area contributed by atoms with E-state index in [9.17, 15) is 4.79 Å². The Hall–Kier alpha value is -4.45. The van der Waals surface area contributed by atoms with Gasteiger partial charge in [-0.25, -0.2) is 4.99 Å². The fourth-order valence-corrected chi connectivity index (χ4v) is 4.09. The van der Waals surface area contributed by atoms with Gasteiger partial charge >= 0.3 is 6.01 Å². The third kappa shape index (κ3) is 3.01. The minimum Gasteiger partial charge on any atom is -0.403 e. The van der Waals surface area contributed by atoms with Gasteiger partial charge in [0.2, 0.25) is 5.88 Å². The lowest BCUT2D eigenvalue weighted by Gasteiger charge is -2.07. The van der Waals surface area contributed by atoms with Gasteiger partial charge in [-0.15, -0.1) is 0 Å². The highest BCUT2D eigenvalue weighted by Gasteiger charge is 2.23. The molecule has 0 aliphatic carbocycles. The molecule has 0 fully saturated rings. The Morgan fingerprint density at radius 1 is 0.906 bits per heavy atom. The molecule has 154 valence electrons. The van der Waals surface area contributed by atoms with E-state index < -0.39 is 0 Å². The molecule has 1 aliphatic heterocycles. The van der Waals surface area contributed by atoms with E-state index in [1.165, 1.54) is 0 Å². The van der Waals surface area contributed by atoms with E-state index in [1.807, 2.05) is 49.4 Å². The lowest BCUT2D eigenvalue weighted by atomic mass is 9.97. The average molecular weight is 418 g/mol. The van der Waals surface area contributed by atoms with Crippen molar-refractivity contribution < 1.29 is 9.21 Å². The summed E-state index contributed by atoms with van der Waals surface area (Å²) < 4.78 is 5.76. The van der Waals surface area contributed by atoms with E-state index in [4.69, 9.17) is 4.42 Å². The number of carbonyl (C=O) groups is 1. The highest BCUT2D eigenvalue weighted by atomic mass is 16.4. The Bertz CT molecular complexity index is 1510. The first kappa shape index (κ1) is 18.3. The van der Waals surface area contributed by atoms with Crippen LogP contribution in [0.4, 0.5) is 23.4 Å². The van der Waals surface area contributed by atoms with Gasteiger partial charge in [0, 0.05) is 11.8 Å². The van der Waals surface area contributed by atoms with Crippen LogP contribution in [-0.4, -0.2) is 17.1 Å². The van der Waals surface area contributed by atoms with Crippen molar-refractivity contribution in [1.29, 1.82) is 0 Å². The van der Waals surface area contributed by atoms with Crippen molar-refractivity contribution in [1.82, 2.24) is 4.98 Å². The number of rotatable bonds is 2. The van der Waals surface area contributed by atoms with E-state index in [0.717, 1.165) is 32.7 Å². The number of aliphatic imine (C=N–C) groups is 1. The molecule has 2 heterocycles. The third-order valence-corrected chi connectivity index (χ3v) is 5.63. The minimum atomic E-state index is -0.248. The highest BCUT2D eigenvalue weighted by molar-refractivity contribution is 6.14. The van der Waals surface area contributed by atoms with Crippen LogP contribution >= 0.6 is 0 Å². The first-order valence-electron chi connectivity index (χ1n) is 10.3. The number of benzene rings is 4. The van der Waals surface area contributed by atoms with Gasteiger partial charge in [-0.1, -0.05) is 60.2 Å². The average Bonchev–Trinajstić information content (AvgIpc) is 3.13. The van der Waals surface area contributed by atoms with Crippen molar-refractivity contribution in [2.24, 2.45) is 4.99 Å². The number of amides is 1. The van der Waals surface area contributed by atoms with E-state index in [-0.39, 0.29) is 17.8 Å². The van der Waals surface area contributed by atoms with Crippen LogP contribution in [0.5, 0.6) is 0 Å². The number of oxazole rings is 1. The molecular weight excluding hydrogens is 400 g/mol. The number of carbonyl (C=O) groups excluding carboxylic acids is 1. The Morgan fingerprint density at radius 2 is 1.62 bits per heavy atom. The molecule has 5 aromatic rings. The van der Waals surface area contributed by atoms with Crippen LogP contribution in [0.25, 0.3) is 21.5 Å². The SMILES string of the molecule is Cc1ccc2c(c1)C(=O)Nc1oc(N=Cc3c4ccccc4cc4ccccc34)nc1N2. The molecule has 0 radical (unpaired) electrons. The summed E-state index contributed by atoms with van der Waals surface area (Å²) in [6, 6.07) is 24.4. The Balaban J connectivity index is 1.42. The third-order valence-electron chi connectivity index (χ3n) is 5.63. The summed E-state index contributed by atoms with van der Waals surface area (Å²) in [5, 5.41) is 10.4. The van der Waals surface area contributed by atoms with Crippen molar-refractivity contribution >= 4 is 57.1 Å². The van der Waals surface area contributed by atoms with E-state index in [2.05, 4.69) is 50.9 Å². The smallest absolute Gasteiger partial charge is 0.325 e. The first-order valence-corrected chi connectivity index (χ1v) is 10.3. The fourth-order valence-electron chi connectivity index (χ4n) is 4.09. The molecule has 1 aliphatic rings. The number of aryl methyl sites for hydroxylation is 1. The van der Waals surface area contributed by atoms with Gasteiger partial charge in [0.15, 0.2) is 5.82 Å². The van der Waals surface area contributed by atoms with Crippen LogP contribution in [0.1, 0.15) is 21.5 Å². The number of anilines is 3. The minimum absolute atomic E-state index is 0.162. The van der Waals surface area contributed by atoms with Gasteiger partial charge in [0.1, 0.15) is 0 Å². The summed E-state index contributed by atoms with van der Waals surface area (Å²) in [4.78, 5) is 21.6. The molecule has 2 N–H and O–H groups in total. The van der Waals surface area contributed by atoms with Crippen molar-refractivity contribution in [2.45, 2.75) is 6.92 Å². The van der Waals surface area contributed by atoms with Gasteiger partial charge in [0.05, 0.1) is 11.3 Å². The number of nitrogens with zero attached hydrogens (tertiary/aromatic N) is 2. The van der Waals surface area contributed by atoms with Crippen LogP contribution < -0.4 is 10.6 Å². The topological polar surface area (TPSA) is 79.5 Å². The number of aromatic nitrogens is 1. The normalized spacial score (nSPS) is 13.0. The zero-order valence-electron chi connectivity index (χ0n) is 17.2. The van der Waals surface area contributed by atoms with Crippen LogP contribution in [-0.2, 0) is 0 Å². The molecule has 0 spiro atoms. The first-order chi connectivity index (χ1) is 15.7. The van der Waals surface area contributed by atoms with E-state index >= 15 is 0 Å². The van der Waals surface area contributed by atoms with Crippen LogP contribution in [0.3, 0.4) is 0 Å². The van der Waals surface area contributed by atoms with Crippen molar-refractivity contribution in [3.8, 4) is 0 Å². The maximum atomic E-state index is 12.6. The molecule has 0 bridgehead atoms. The largest absolute Gasteiger partial charge is 0.403 e. The lowest BCUT2D eigenvalue weighted by molar-refractivity contribution is 0.102. The monoisotopic (exact) mass is 418 g/mol. The molecule has 0 saturated carbocycles. The summed E-state index contributed by atoms with van der Waals surface area (Å²) in [6.45, 7) is 1.94. The highest BCUT2D eigenvalue weighted by Crippen LogP contribution is 2.35. The van der Waals surface area contributed by atoms with E-state index in [0.29, 0.717) is 17.1 Å². The molecule has 6 rings (SSSR count). The van der Waals surface area contributed by atoms with Gasteiger partial charge in [-0.2, -0.15) is 4.98 Å². The second-order valence-electron chi connectivity index (χ2n) is 7.79. The quantitative estimate of drug-likeness (QED) is 0.259. The molecule has 1 aromatic heterocycles. The van der Waals surface area contributed by atoms with Gasteiger partial charge in [-0.05, 0) is 46.7 Å². The lowest BCUT2D eigenvalue weighted by Crippen LogP contribution is -2.10. The van der Waals surface area contributed by atoms with Gasteiger partial charge < -0.3 is 9.73 Å². The Labute approximate surface area is 183 Å². The summed E-state index contributed by atoms with van der Waals surface area (Å²) in [5.41, 5.74) is 3.21. The second-order valence-corrected chi connectivity index (χ2v) is 7.79. The fraction of sp³-hybridized carbons (Fsp3) is 0.0385. The second kappa shape index (κ2) is 7.06. The van der Waals surface area contributed by atoms with Crippen LogP contribution in [0.15, 0.2) is 82.2 Å². The molecule has 6 heteroatoms. The number of fused-ring (bicyclic) bond motifs is 4. The predicted molar refractivity (Wildman–Crippen MR) is 128 cm³/mol. The summed E-state index contributed by atoms with van der Waals surface area (Å²) in [6.07, 6.45) is 1.77. The van der Waals surface area contributed by atoms with Gasteiger partial charge in [-0.3, -0.25) is 10.1 Å². The van der Waals surface area contributed by atoms with Crippen molar-refractivity contribution in [2.75, 3.05) is 10.6 Å². The van der Waals surface area contributed by atoms with Gasteiger partial charge in [0.25, 0.3) is 5.91 Å². The van der Waals surface area contributed by atoms with Crippen LogP contribution in [0.2, 0.25) is 0 Å². The van der Waals surface area contributed by atoms with Crippen LogP contribution in [0, 0.1) is 6.92 Å². The molecular formula is C26H18N4O2. The zero-order valence-corrected chi connectivity index (χ0v) is 17.2. The molecule has 32 heavy (non-hydrogen) atoms. The van der Waals surface area contributed by atoms with E-state index in [1.54, 1.807) is 6.21 Å². The summed E-state index contributed by atoms with van der Waals surface area (Å²) >= 11 is 0. The summed E-state index contributed by atoms with van der Waals surface area (Å²) in [7, 11) is 0. The Morgan fingerprint density at radius 3 is 2.38 bits per heavy atom. The molecule has 0 saturated heterocycles. The molecule has 1 amide bonds. The summed E-state index contributed by atoms with van der Waals surface area (Å²) in [5.74, 6) is 0.427. The van der Waals surface area contributed by atoms with Crippen molar-refractivity contribution in [3.63, 3.8) is 0 Å². The Kier molecular flexibility index (Phi) is 4.04. The molecule has 6 nitrogen and oxygen atoms in total. The molecule has 4 aromatic carbocycles. The number of hydrogen-bond acceptors (Lipinski definition) is 5. The predicted octanol–water partition coefficient (Wildman–Crippen LogP) is 6.35. The molecule has 0 atom stereocenters. The maximum Gasteiger partial charge on any atom is 0.325 e. The zero-order chi connectivity index (χ0) is 21.7. The maximum absolute atomic E-state index is 12.6. The standard InChI is InChI=1S/C26H18N4O2/c1-15-10-11-22-20(12-15)24(31)30-25-23(28-22)29-26(32-25)27-14-21-18-8-4-2-6-16(18)13-17-7-3-5-9-19(17)21/h2-14,28H,1H3,(H,30,31). The van der Waals surface area contributed by atoms with Crippen molar-refractivity contribution in [3.05, 3.63) is 89.5 Å². The number of nitrogens with one attached hydrogen (secondary N) is 2. The number of hydrogen-bond donors (Lipinski definition) is 2. The molecule has 0 unspecified atom stereocenters.